The number of carbonyl (C=O) groups excluding carboxylic acids is 1. The maximum absolute atomic E-state index is 12.2. The minimum absolute atomic E-state index is 0.0986. The Morgan fingerprint density at radius 3 is 2.77 bits per heavy atom. The third-order valence-electron chi connectivity index (χ3n) is 3.52. The van der Waals surface area contributed by atoms with Gasteiger partial charge in [0.05, 0.1) is 10.6 Å². The van der Waals surface area contributed by atoms with Crippen LogP contribution in [0.4, 0.5) is 5.69 Å². The van der Waals surface area contributed by atoms with E-state index in [0.29, 0.717) is 30.8 Å². The van der Waals surface area contributed by atoms with E-state index in [1.807, 2.05) is 6.92 Å². The Bertz CT molecular complexity index is 660. The molecule has 1 heterocycles. The lowest BCUT2D eigenvalue weighted by atomic mass is 10.1. The van der Waals surface area contributed by atoms with Crippen LogP contribution in [0.2, 0.25) is 0 Å². The van der Waals surface area contributed by atoms with Crippen LogP contribution >= 0.6 is 0 Å². The maximum atomic E-state index is 12.2. The SMILES string of the molecule is CCC1Oc2ccc(S(=O)(=O)NCCCN)cc2N(C)C1=O. The van der Waals surface area contributed by atoms with Gasteiger partial charge in [-0.25, -0.2) is 13.1 Å². The largest absolute Gasteiger partial charge is 0.478 e. The van der Waals surface area contributed by atoms with Crippen molar-refractivity contribution < 1.29 is 17.9 Å². The number of likely N-dealkylation sites (N-methyl/N-ethyl adjacent to an activating group) is 1. The average Bonchev–Trinajstić information content (AvgIpc) is 2.50. The van der Waals surface area contributed by atoms with Gasteiger partial charge in [-0.3, -0.25) is 4.79 Å². The van der Waals surface area contributed by atoms with Gasteiger partial charge in [-0.15, -0.1) is 0 Å². The molecule has 22 heavy (non-hydrogen) atoms. The predicted octanol–water partition coefficient (Wildman–Crippen LogP) is 0.448. The Kier molecular flexibility index (Phi) is 5.05. The van der Waals surface area contributed by atoms with Crippen molar-refractivity contribution in [2.24, 2.45) is 5.73 Å². The number of ether oxygens (including phenoxy) is 1. The first kappa shape index (κ1) is 16.7. The highest BCUT2D eigenvalue weighted by atomic mass is 32.2. The number of nitrogens with one attached hydrogen (secondary N) is 1. The van der Waals surface area contributed by atoms with E-state index in [2.05, 4.69) is 4.72 Å². The Morgan fingerprint density at radius 2 is 2.14 bits per heavy atom. The molecule has 0 radical (unpaired) electrons. The predicted molar refractivity (Wildman–Crippen MR) is 83.4 cm³/mol. The van der Waals surface area contributed by atoms with Crippen LogP contribution in [0.3, 0.4) is 0 Å². The lowest BCUT2D eigenvalue weighted by molar-refractivity contribution is -0.126. The van der Waals surface area contributed by atoms with Crippen LogP contribution in [0.1, 0.15) is 19.8 Å². The molecule has 1 aliphatic rings. The Balaban J connectivity index is 2.30. The normalized spacial score (nSPS) is 18.0. The van der Waals surface area contributed by atoms with Crippen molar-refractivity contribution >= 4 is 21.6 Å². The van der Waals surface area contributed by atoms with Crippen LogP contribution in [-0.2, 0) is 14.8 Å². The molecule has 1 unspecified atom stereocenters. The molecule has 0 aliphatic carbocycles. The van der Waals surface area contributed by atoms with Crippen molar-refractivity contribution in [1.82, 2.24) is 4.72 Å². The van der Waals surface area contributed by atoms with Crippen molar-refractivity contribution in [3.05, 3.63) is 18.2 Å². The number of nitrogens with zero attached hydrogens (tertiary/aromatic N) is 1. The molecule has 1 aliphatic heterocycles. The summed E-state index contributed by atoms with van der Waals surface area (Å²) in [6.07, 6.45) is 0.593. The van der Waals surface area contributed by atoms with E-state index >= 15 is 0 Å². The summed E-state index contributed by atoms with van der Waals surface area (Å²) in [4.78, 5) is 13.6. The van der Waals surface area contributed by atoms with Crippen LogP contribution in [0.25, 0.3) is 0 Å². The molecule has 0 fully saturated rings. The van der Waals surface area contributed by atoms with Crippen molar-refractivity contribution in [2.75, 3.05) is 25.0 Å². The van der Waals surface area contributed by atoms with Gasteiger partial charge in [0.1, 0.15) is 5.75 Å². The fraction of sp³-hybridized carbons (Fsp3) is 0.500. The molecule has 1 aromatic rings. The van der Waals surface area contributed by atoms with E-state index in [1.165, 1.54) is 17.0 Å². The summed E-state index contributed by atoms with van der Waals surface area (Å²) in [5.41, 5.74) is 5.81. The fourth-order valence-corrected chi connectivity index (χ4v) is 3.31. The second kappa shape index (κ2) is 6.64. The van der Waals surface area contributed by atoms with Gasteiger partial charge in [-0.05, 0) is 37.6 Å². The fourth-order valence-electron chi connectivity index (χ4n) is 2.21. The first-order valence-electron chi connectivity index (χ1n) is 7.18. The summed E-state index contributed by atoms with van der Waals surface area (Å²) in [6.45, 7) is 2.55. The van der Waals surface area contributed by atoms with E-state index in [9.17, 15) is 13.2 Å². The Morgan fingerprint density at radius 1 is 1.41 bits per heavy atom. The van der Waals surface area contributed by atoms with E-state index in [4.69, 9.17) is 10.5 Å². The topological polar surface area (TPSA) is 102 Å². The van der Waals surface area contributed by atoms with Crippen LogP contribution < -0.4 is 20.1 Å². The molecule has 8 heteroatoms. The molecule has 0 spiro atoms. The number of hydrogen-bond acceptors (Lipinski definition) is 5. The van der Waals surface area contributed by atoms with Gasteiger partial charge in [0.2, 0.25) is 10.0 Å². The van der Waals surface area contributed by atoms with Gasteiger partial charge >= 0.3 is 0 Å². The summed E-state index contributed by atoms with van der Waals surface area (Å²) < 4.78 is 32.5. The molecule has 1 amide bonds. The monoisotopic (exact) mass is 327 g/mol. The first-order valence-corrected chi connectivity index (χ1v) is 8.67. The summed E-state index contributed by atoms with van der Waals surface area (Å²) in [5, 5.41) is 0. The van der Waals surface area contributed by atoms with E-state index in [1.54, 1.807) is 13.1 Å². The molecule has 0 bridgehead atoms. The molecular formula is C14H21N3O4S. The summed E-state index contributed by atoms with van der Waals surface area (Å²) >= 11 is 0. The minimum Gasteiger partial charge on any atom is -0.478 e. The van der Waals surface area contributed by atoms with Gasteiger partial charge in [-0.1, -0.05) is 6.92 Å². The number of anilines is 1. The van der Waals surface area contributed by atoms with Crippen molar-refractivity contribution in [3.63, 3.8) is 0 Å². The maximum Gasteiger partial charge on any atom is 0.267 e. The van der Waals surface area contributed by atoms with Gasteiger partial charge in [0, 0.05) is 13.6 Å². The van der Waals surface area contributed by atoms with Crippen LogP contribution in [0, 0.1) is 0 Å². The average molecular weight is 327 g/mol. The molecule has 3 N–H and O–H groups in total. The number of fused-ring (bicyclic) bond motifs is 1. The van der Waals surface area contributed by atoms with E-state index < -0.39 is 16.1 Å². The number of rotatable bonds is 6. The van der Waals surface area contributed by atoms with Crippen molar-refractivity contribution in [2.45, 2.75) is 30.8 Å². The third-order valence-corrected chi connectivity index (χ3v) is 4.98. The zero-order valence-electron chi connectivity index (χ0n) is 12.7. The number of benzene rings is 1. The zero-order chi connectivity index (χ0) is 16.3. The molecule has 1 aromatic carbocycles. The number of sulfonamides is 1. The summed E-state index contributed by atoms with van der Waals surface area (Å²) in [7, 11) is -2.01. The van der Waals surface area contributed by atoms with E-state index in [-0.39, 0.29) is 17.3 Å². The molecule has 1 atom stereocenters. The quantitative estimate of drug-likeness (QED) is 0.739. The van der Waals surface area contributed by atoms with Gasteiger partial charge in [-0.2, -0.15) is 0 Å². The van der Waals surface area contributed by atoms with Gasteiger partial charge in [0.25, 0.3) is 5.91 Å². The van der Waals surface area contributed by atoms with Crippen LogP contribution in [0.5, 0.6) is 5.75 Å². The Labute approximate surface area is 130 Å². The van der Waals surface area contributed by atoms with Crippen LogP contribution in [-0.4, -0.2) is 40.6 Å². The summed E-state index contributed by atoms with van der Waals surface area (Å²) in [6, 6.07) is 4.50. The lowest BCUT2D eigenvalue weighted by Gasteiger charge is -2.31. The highest BCUT2D eigenvalue weighted by molar-refractivity contribution is 7.89. The van der Waals surface area contributed by atoms with Gasteiger partial charge in [0.15, 0.2) is 6.10 Å². The molecule has 0 aromatic heterocycles. The Hall–Kier alpha value is -1.64. The number of carbonyl (C=O) groups is 1. The lowest BCUT2D eigenvalue weighted by Crippen LogP contribution is -2.43. The number of nitrogens with two attached hydrogens (primary N) is 1. The summed E-state index contributed by atoms with van der Waals surface area (Å²) in [5.74, 6) is 0.329. The zero-order valence-corrected chi connectivity index (χ0v) is 13.5. The second-order valence-corrected chi connectivity index (χ2v) is 6.85. The molecular weight excluding hydrogens is 306 g/mol. The molecule has 7 nitrogen and oxygen atoms in total. The van der Waals surface area contributed by atoms with Crippen molar-refractivity contribution in [3.8, 4) is 5.75 Å². The number of hydrogen-bond donors (Lipinski definition) is 2. The highest BCUT2D eigenvalue weighted by Crippen LogP contribution is 2.35. The molecule has 2 rings (SSSR count). The first-order chi connectivity index (χ1) is 10.4. The van der Waals surface area contributed by atoms with E-state index in [0.717, 1.165) is 0 Å². The molecule has 0 saturated carbocycles. The molecule has 0 saturated heterocycles. The minimum atomic E-state index is -3.63. The van der Waals surface area contributed by atoms with Crippen molar-refractivity contribution in [1.29, 1.82) is 0 Å². The highest BCUT2D eigenvalue weighted by Gasteiger charge is 2.31. The van der Waals surface area contributed by atoms with Crippen LogP contribution in [0.15, 0.2) is 23.1 Å². The standard InChI is InChI=1S/C14H21N3O4S/c1-3-12-14(18)17(2)11-9-10(5-6-13(11)21-12)22(19,20)16-8-4-7-15/h5-6,9,12,16H,3-4,7-8,15H2,1-2H3. The van der Waals surface area contributed by atoms with Gasteiger partial charge < -0.3 is 15.4 Å². The third kappa shape index (κ3) is 3.23. The molecule has 122 valence electrons. The second-order valence-electron chi connectivity index (χ2n) is 5.08. The smallest absolute Gasteiger partial charge is 0.267 e. The number of amides is 1.